The SMILES string of the molecule is COC(=O)c1c(N2CC[C@H](Oc3cc(F)cc(C(F)(F)F)c3)C2)ccnc1OC. The minimum Gasteiger partial charge on any atom is -0.488 e. The van der Waals surface area contributed by atoms with Crippen LogP contribution in [-0.2, 0) is 10.9 Å². The molecule has 1 aromatic carbocycles. The molecule has 1 fully saturated rings. The van der Waals surface area contributed by atoms with Crippen LogP contribution in [0.15, 0.2) is 30.5 Å². The van der Waals surface area contributed by atoms with Gasteiger partial charge in [-0.3, -0.25) is 0 Å². The highest BCUT2D eigenvalue weighted by Gasteiger charge is 2.33. The lowest BCUT2D eigenvalue weighted by atomic mass is 10.2. The molecule has 0 bridgehead atoms. The Hall–Kier alpha value is -3.04. The Labute approximate surface area is 164 Å². The second-order valence-electron chi connectivity index (χ2n) is 6.35. The van der Waals surface area contributed by atoms with Gasteiger partial charge in [-0.05, 0) is 18.2 Å². The standard InChI is InChI=1S/C19H18F4N2O4/c1-27-17-16(18(26)28-2)15(3-5-24-17)25-6-4-13(10-25)29-14-8-11(19(21,22)23)7-12(20)9-14/h3,5,7-9,13H,4,6,10H2,1-2H3/t13-/m0/s1. The van der Waals surface area contributed by atoms with Crippen molar-refractivity contribution >= 4 is 11.7 Å². The van der Waals surface area contributed by atoms with Gasteiger partial charge in [0.2, 0.25) is 5.88 Å². The van der Waals surface area contributed by atoms with E-state index in [1.807, 2.05) is 4.90 Å². The summed E-state index contributed by atoms with van der Waals surface area (Å²) in [5.74, 6) is -1.77. The highest BCUT2D eigenvalue weighted by molar-refractivity contribution is 5.98. The molecule has 0 saturated carbocycles. The van der Waals surface area contributed by atoms with Gasteiger partial charge in [0.15, 0.2) is 0 Å². The number of hydrogen-bond acceptors (Lipinski definition) is 6. The highest BCUT2D eigenvalue weighted by Crippen LogP contribution is 2.34. The van der Waals surface area contributed by atoms with E-state index in [9.17, 15) is 22.4 Å². The van der Waals surface area contributed by atoms with Crippen molar-refractivity contribution in [3.05, 3.63) is 47.4 Å². The summed E-state index contributed by atoms with van der Waals surface area (Å²) in [5.41, 5.74) is -0.470. The molecule has 0 aliphatic carbocycles. The van der Waals surface area contributed by atoms with Crippen molar-refractivity contribution in [2.75, 3.05) is 32.2 Å². The number of ether oxygens (including phenoxy) is 3. The Morgan fingerprint density at radius 3 is 2.66 bits per heavy atom. The summed E-state index contributed by atoms with van der Waals surface area (Å²) in [5, 5.41) is 0. The van der Waals surface area contributed by atoms with Gasteiger partial charge in [0.25, 0.3) is 0 Å². The topological polar surface area (TPSA) is 60.9 Å². The van der Waals surface area contributed by atoms with E-state index < -0.39 is 29.6 Å². The summed E-state index contributed by atoms with van der Waals surface area (Å²) < 4.78 is 67.7. The summed E-state index contributed by atoms with van der Waals surface area (Å²) in [6.07, 6.45) is -3.24. The number of anilines is 1. The fourth-order valence-corrected chi connectivity index (χ4v) is 3.18. The van der Waals surface area contributed by atoms with Gasteiger partial charge in [-0.15, -0.1) is 0 Å². The summed E-state index contributed by atoms with van der Waals surface area (Å²) >= 11 is 0. The van der Waals surface area contributed by atoms with Crippen molar-refractivity contribution < 1.29 is 36.6 Å². The van der Waals surface area contributed by atoms with Gasteiger partial charge < -0.3 is 19.1 Å². The number of rotatable bonds is 5. The first-order valence-corrected chi connectivity index (χ1v) is 8.63. The van der Waals surface area contributed by atoms with E-state index >= 15 is 0 Å². The van der Waals surface area contributed by atoms with Gasteiger partial charge in [-0.25, -0.2) is 14.2 Å². The van der Waals surface area contributed by atoms with E-state index in [1.165, 1.54) is 20.4 Å². The zero-order valence-electron chi connectivity index (χ0n) is 15.6. The largest absolute Gasteiger partial charge is 0.488 e. The number of nitrogens with zero attached hydrogens (tertiary/aromatic N) is 2. The van der Waals surface area contributed by atoms with Crippen molar-refractivity contribution in [2.24, 2.45) is 0 Å². The quantitative estimate of drug-likeness (QED) is 0.550. The lowest BCUT2D eigenvalue weighted by Crippen LogP contribution is -2.26. The molecule has 0 amide bonds. The molecule has 0 spiro atoms. The summed E-state index contributed by atoms with van der Waals surface area (Å²) in [6, 6.07) is 3.70. The molecular weight excluding hydrogens is 396 g/mol. The molecule has 1 aliphatic heterocycles. The van der Waals surface area contributed by atoms with Crippen molar-refractivity contribution in [3.8, 4) is 11.6 Å². The number of aromatic nitrogens is 1. The number of hydrogen-bond donors (Lipinski definition) is 0. The van der Waals surface area contributed by atoms with Gasteiger partial charge in [-0.2, -0.15) is 13.2 Å². The van der Waals surface area contributed by atoms with Crippen molar-refractivity contribution in [3.63, 3.8) is 0 Å². The number of carbonyl (C=O) groups is 1. The van der Waals surface area contributed by atoms with Gasteiger partial charge >= 0.3 is 12.1 Å². The maximum atomic E-state index is 13.6. The molecule has 2 aromatic rings. The lowest BCUT2D eigenvalue weighted by molar-refractivity contribution is -0.137. The van der Waals surface area contributed by atoms with Crippen LogP contribution in [0, 0.1) is 5.82 Å². The zero-order chi connectivity index (χ0) is 21.2. The molecule has 0 radical (unpaired) electrons. The Morgan fingerprint density at radius 1 is 1.24 bits per heavy atom. The number of halogens is 4. The lowest BCUT2D eigenvalue weighted by Gasteiger charge is -2.22. The van der Waals surface area contributed by atoms with Crippen molar-refractivity contribution in [1.29, 1.82) is 0 Å². The Kier molecular flexibility index (Phi) is 5.81. The van der Waals surface area contributed by atoms with Crippen molar-refractivity contribution in [1.82, 2.24) is 4.98 Å². The number of methoxy groups -OCH3 is 2. The number of alkyl halides is 3. The van der Waals surface area contributed by atoms with E-state index in [1.54, 1.807) is 6.07 Å². The maximum absolute atomic E-state index is 13.6. The number of pyridine rings is 1. The van der Waals surface area contributed by atoms with Gasteiger partial charge in [-0.1, -0.05) is 0 Å². The third-order valence-corrected chi connectivity index (χ3v) is 4.46. The molecule has 3 rings (SSSR count). The van der Waals surface area contributed by atoms with Crippen LogP contribution in [0.4, 0.5) is 23.2 Å². The average Bonchev–Trinajstić information content (AvgIpc) is 3.13. The minimum absolute atomic E-state index is 0.0960. The summed E-state index contributed by atoms with van der Waals surface area (Å²) in [4.78, 5) is 18.0. The van der Waals surface area contributed by atoms with Crippen LogP contribution in [0.5, 0.6) is 11.6 Å². The third kappa shape index (κ3) is 4.52. The molecule has 156 valence electrons. The second kappa shape index (κ2) is 8.14. The number of carbonyl (C=O) groups excluding carboxylic acids is 1. The molecule has 10 heteroatoms. The van der Waals surface area contributed by atoms with E-state index in [2.05, 4.69) is 4.98 Å². The monoisotopic (exact) mass is 414 g/mol. The molecule has 29 heavy (non-hydrogen) atoms. The number of benzene rings is 1. The molecule has 1 saturated heterocycles. The van der Waals surface area contributed by atoms with Crippen LogP contribution >= 0.6 is 0 Å². The van der Waals surface area contributed by atoms with Crippen LogP contribution < -0.4 is 14.4 Å². The van der Waals surface area contributed by atoms with E-state index in [4.69, 9.17) is 14.2 Å². The molecule has 1 atom stereocenters. The predicted octanol–water partition coefficient (Wildman–Crippen LogP) is 3.69. The van der Waals surface area contributed by atoms with Crippen LogP contribution in [-0.4, -0.2) is 44.4 Å². The summed E-state index contributed by atoms with van der Waals surface area (Å²) in [7, 11) is 2.60. The smallest absolute Gasteiger partial charge is 0.416 e. The second-order valence-corrected chi connectivity index (χ2v) is 6.35. The predicted molar refractivity (Wildman–Crippen MR) is 94.8 cm³/mol. The van der Waals surface area contributed by atoms with Crippen molar-refractivity contribution in [2.45, 2.75) is 18.7 Å². The first-order valence-electron chi connectivity index (χ1n) is 8.63. The highest BCUT2D eigenvalue weighted by atomic mass is 19.4. The maximum Gasteiger partial charge on any atom is 0.416 e. The Morgan fingerprint density at radius 2 is 2.00 bits per heavy atom. The molecule has 0 N–H and O–H groups in total. The van der Waals surface area contributed by atoms with Gasteiger partial charge in [0.1, 0.15) is 23.2 Å². The Bertz CT molecular complexity index is 904. The number of esters is 1. The molecular formula is C19H18F4N2O4. The zero-order valence-corrected chi connectivity index (χ0v) is 15.6. The summed E-state index contributed by atoms with van der Waals surface area (Å²) in [6.45, 7) is 0.734. The molecule has 6 nitrogen and oxygen atoms in total. The molecule has 1 aliphatic rings. The van der Waals surface area contributed by atoms with E-state index in [0.717, 1.165) is 12.1 Å². The van der Waals surface area contributed by atoms with E-state index in [0.29, 0.717) is 24.7 Å². The van der Waals surface area contributed by atoms with Crippen LogP contribution in [0.3, 0.4) is 0 Å². The van der Waals surface area contributed by atoms with E-state index in [-0.39, 0.29) is 23.7 Å². The minimum atomic E-state index is -4.68. The fraction of sp³-hybridized carbons (Fsp3) is 0.368. The molecule has 0 unspecified atom stereocenters. The molecule has 1 aromatic heterocycles. The molecule has 2 heterocycles. The normalized spacial score (nSPS) is 16.6. The first kappa shape index (κ1) is 20.7. The van der Waals surface area contributed by atoms with Crippen LogP contribution in [0.1, 0.15) is 22.3 Å². The first-order chi connectivity index (χ1) is 13.7. The van der Waals surface area contributed by atoms with Gasteiger partial charge in [0, 0.05) is 25.2 Å². The third-order valence-electron chi connectivity index (χ3n) is 4.46. The average molecular weight is 414 g/mol. The van der Waals surface area contributed by atoms with Gasteiger partial charge in [0.05, 0.1) is 32.0 Å². The van der Waals surface area contributed by atoms with Crippen LogP contribution in [0.25, 0.3) is 0 Å². The Balaban J connectivity index is 1.80. The fourth-order valence-electron chi connectivity index (χ4n) is 3.18. The van der Waals surface area contributed by atoms with Crippen LogP contribution in [0.2, 0.25) is 0 Å².